The van der Waals surface area contributed by atoms with Crippen LogP contribution in [-0.2, 0) is 5.41 Å². The normalized spacial score (nSPS) is 11.8. The number of unbranched alkanes of at least 4 members (excludes halogenated alkanes) is 5. The van der Waals surface area contributed by atoms with Crippen LogP contribution in [0.3, 0.4) is 0 Å². The van der Waals surface area contributed by atoms with Crippen molar-refractivity contribution >= 4 is 15.9 Å². The first-order valence-electron chi connectivity index (χ1n) is 7.46. The molecule has 0 saturated carbocycles. The Balaban J connectivity index is 2.44. The number of benzene rings is 1. The van der Waals surface area contributed by atoms with Gasteiger partial charge in [-0.05, 0) is 45.5 Å². The van der Waals surface area contributed by atoms with Crippen molar-refractivity contribution < 1.29 is 5.11 Å². The summed E-state index contributed by atoms with van der Waals surface area (Å²) in [7, 11) is 0. The van der Waals surface area contributed by atoms with Crippen LogP contribution in [0, 0.1) is 0 Å². The van der Waals surface area contributed by atoms with Gasteiger partial charge >= 0.3 is 0 Å². The van der Waals surface area contributed by atoms with E-state index in [1.54, 1.807) is 0 Å². The van der Waals surface area contributed by atoms with Crippen molar-refractivity contribution in [3.05, 3.63) is 28.2 Å². The molecule has 2 heteroatoms. The van der Waals surface area contributed by atoms with Gasteiger partial charge in [-0.15, -0.1) is 0 Å². The predicted molar refractivity (Wildman–Crippen MR) is 86.8 cm³/mol. The molecule has 0 aliphatic heterocycles. The maximum Gasteiger partial charge on any atom is 0.130 e. The third kappa shape index (κ3) is 5.56. The Morgan fingerprint density at radius 1 is 1.05 bits per heavy atom. The summed E-state index contributed by atoms with van der Waals surface area (Å²) in [6.45, 7) is 6.78. The number of aromatic hydroxyl groups is 1. The zero-order chi connectivity index (χ0) is 14.3. The van der Waals surface area contributed by atoms with E-state index in [1.165, 1.54) is 50.5 Å². The average Bonchev–Trinajstić information content (AvgIpc) is 2.36. The Morgan fingerprint density at radius 3 is 2.32 bits per heavy atom. The molecule has 1 nitrogen and oxygen atoms in total. The first kappa shape index (κ1) is 16.6. The van der Waals surface area contributed by atoms with Gasteiger partial charge in [0.1, 0.15) is 5.75 Å². The molecule has 1 aromatic rings. The van der Waals surface area contributed by atoms with Crippen LogP contribution in [0.5, 0.6) is 5.75 Å². The van der Waals surface area contributed by atoms with E-state index in [0.29, 0.717) is 5.75 Å². The van der Waals surface area contributed by atoms with Crippen LogP contribution in [0.1, 0.15) is 71.3 Å². The summed E-state index contributed by atoms with van der Waals surface area (Å²) in [5, 5.41) is 9.79. The van der Waals surface area contributed by atoms with Crippen molar-refractivity contribution in [3.8, 4) is 5.75 Å². The van der Waals surface area contributed by atoms with Crippen LogP contribution < -0.4 is 0 Å². The molecule has 0 aliphatic rings. The van der Waals surface area contributed by atoms with Crippen molar-refractivity contribution in [1.82, 2.24) is 0 Å². The molecule has 108 valence electrons. The van der Waals surface area contributed by atoms with E-state index in [4.69, 9.17) is 0 Å². The Morgan fingerprint density at radius 2 is 1.68 bits per heavy atom. The van der Waals surface area contributed by atoms with Gasteiger partial charge in [0.2, 0.25) is 0 Å². The van der Waals surface area contributed by atoms with Crippen molar-refractivity contribution in [2.75, 3.05) is 0 Å². The number of rotatable bonds is 8. The van der Waals surface area contributed by atoms with E-state index in [2.05, 4.69) is 42.8 Å². The number of phenolic OH excluding ortho intramolecular Hbond substituents is 1. The lowest BCUT2D eigenvalue weighted by Crippen LogP contribution is -2.16. The van der Waals surface area contributed by atoms with E-state index < -0.39 is 0 Å². The fourth-order valence-electron chi connectivity index (χ4n) is 2.43. The summed E-state index contributed by atoms with van der Waals surface area (Å²) >= 11 is 3.33. The maximum absolute atomic E-state index is 9.79. The summed E-state index contributed by atoms with van der Waals surface area (Å²) in [5.41, 5.74) is 1.37. The Hall–Kier alpha value is -0.500. The maximum atomic E-state index is 9.79. The Bertz CT molecular complexity index is 385. The number of hydrogen-bond acceptors (Lipinski definition) is 1. The second-order valence-electron chi connectivity index (χ2n) is 6.07. The van der Waals surface area contributed by atoms with Crippen LogP contribution >= 0.6 is 15.9 Å². The minimum absolute atomic E-state index is 0.142. The fourth-order valence-corrected chi connectivity index (χ4v) is 2.67. The molecule has 0 radical (unpaired) electrons. The van der Waals surface area contributed by atoms with Crippen LogP contribution in [0.15, 0.2) is 22.7 Å². The molecule has 0 fully saturated rings. The number of hydrogen-bond donors (Lipinski definition) is 1. The summed E-state index contributed by atoms with van der Waals surface area (Å²) in [6, 6.07) is 5.94. The number of phenols is 1. The molecule has 0 bridgehead atoms. The first-order valence-corrected chi connectivity index (χ1v) is 8.25. The molecule has 19 heavy (non-hydrogen) atoms. The summed E-state index contributed by atoms with van der Waals surface area (Å²) in [6.07, 6.45) is 9.18. The molecule has 0 aliphatic carbocycles. The second-order valence-corrected chi connectivity index (χ2v) is 6.92. The minimum atomic E-state index is 0.142. The van der Waals surface area contributed by atoms with Gasteiger partial charge in [0.15, 0.2) is 0 Å². The zero-order valence-electron chi connectivity index (χ0n) is 12.5. The van der Waals surface area contributed by atoms with Gasteiger partial charge in [0.05, 0.1) is 4.47 Å². The topological polar surface area (TPSA) is 20.2 Å². The molecule has 0 unspecified atom stereocenters. The van der Waals surface area contributed by atoms with E-state index in [9.17, 15) is 5.11 Å². The average molecular weight is 327 g/mol. The van der Waals surface area contributed by atoms with Gasteiger partial charge in [0.25, 0.3) is 0 Å². The highest BCUT2D eigenvalue weighted by Crippen LogP contribution is 2.34. The molecule has 1 N–H and O–H groups in total. The van der Waals surface area contributed by atoms with E-state index in [-0.39, 0.29) is 5.41 Å². The number of halogens is 1. The molecule has 1 aromatic carbocycles. The van der Waals surface area contributed by atoms with Crippen molar-refractivity contribution in [2.24, 2.45) is 0 Å². The lowest BCUT2D eigenvalue weighted by atomic mass is 9.80. The summed E-state index contributed by atoms with van der Waals surface area (Å²) < 4.78 is 0.770. The van der Waals surface area contributed by atoms with Gasteiger partial charge in [-0.1, -0.05) is 65.4 Å². The standard InChI is InChI=1S/C17H27BrO/c1-4-5-6-7-8-9-12-17(2,3)14-10-11-15(18)16(19)13-14/h10-11,13,19H,4-9,12H2,1-3H3. The quantitative estimate of drug-likeness (QED) is 0.565. The molecule has 0 spiro atoms. The van der Waals surface area contributed by atoms with Crippen LogP contribution in [0.4, 0.5) is 0 Å². The summed E-state index contributed by atoms with van der Waals surface area (Å²) in [4.78, 5) is 0. The molecule has 0 saturated heterocycles. The van der Waals surface area contributed by atoms with E-state index >= 15 is 0 Å². The van der Waals surface area contributed by atoms with E-state index in [1.807, 2.05) is 12.1 Å². The third-order valence-corrected chi connectivity index (χ3v) is 4.55. The Labute approximate surface area is 126 Å². The highest BCUT2D eigenvalue weighted by molar-refractivity contribution is 9.10. The Kier molecular flexibility index (Phi) is 6.92. The first-order chi connectivity index (χ1) is 8.97. The molecular weight excluding hydrogens is 300 g/mol. The second kappa shape index (κ2) is 7.94. The van der Waals surface area contributed by atoms with Crippen molar-refractivity contribution in [3.63, 3.8) is 0 Å². The molecule has 0 heterocycles. The highest BCUT2D eigenvalue weighted by Gasteiger charge is 2.20. The lowest BCUT2D eigenvalue weighted by Gasteiger charge is -2.25. The van der Waals surface area contributed by atoms with Crippen LogP contribution in [-0.4, -0.2) is 5.11 Å². The highest BCUT2D eigenvalue weighted by atomic mass is 79.9. The molecule has 0 amide bonds. The van der Waals surface area contributed by atoms with Gasteiger partial charge < -0.3 is 5.11 Å². The molecule has 1 rings (SSSR count). The van der Waals surface area contributed by atoms with Gasteiger partial charge in [0, 0.05) is 0 Å². The molecular formula is C17H27BrO. The largest absolute Gasteiger partial charge is 0.507 e. The fraction of sp³-hybridized carbons (Fsp3) is 0.647. The SMILES string of the molecule is CCCCCCCCC(C)(C)c1ccc(Br)c(O)c1. The monoisotopic (exact) mass is 326 g/mol. The smallest absolute Gasteiger partial charge is 0.130 e. The van der Waals surface area contributed by atoms with Gasteiger partial charge in [-0.3, -0.25) is 0 Å². The van der Waals surface area contributed by atoms with Crippen molar-refractivity contribution in [1.29, 1.82) is 0 Å². The van der Waals surface area contributed by atoms with Crippen LogP contribution in [0.25, 0.3) is 0 Å². The van der Waals surface area contributed by atoms with E-state index in [0.717, 1.165) is 4.47 Å². The summed E-state index contributed by atoms with van der Waals surface area (Å²) in [5.74, 6) is 0.341. The predicted octanol–water partition coefficient (Wildman–Crippen LogP) is 6.18. The van der Waals surface area contributed by atoms with Gasteiger partial charge in [-0.25, -0.2) is 0 Å². The minimum Gasteiger partial charge on any atom is -0.507 e. The molecule has 0 aromatic heterocycles. The van der Waals surface area contributed by atoms with Gasteiger partial charge in [-0.2, -0.15) is 0 Å². The van der Waals surface area contributed by atoms with Crippen LogP contribution in [0.2, 0.25) is 0 Å². The zero-order valence-corrected chi connectivity index (χ0v) is 14.1. The van der Waals surface area contributed by atoms with Crippen molar-refractivity contribution in [2.45, 2.75) is 71.1 Å². The molecule has 0 atom stereocenters. The lowest BCUT2D eigenvalue weighted by molar-refractivity contribution is 0.434. The third-order valence-electron chi connectivity index (χ3n) is 3.88.